The normalized spacial score (nSPS) is 10.3. The van der Waals surface area contributed by atoms with Crippen LogP contribution in [-0.4, -0.2) is 15.8 Å². The van der Waals surface area contributed by atoms with Gasteiger partial charge in [-0.05, 0) is 43.0 Å². The fraction of sp³-hybridized carbons (Fsp3) is 0.0833. The third-order valence-corrected chi connectivity index (χ3v) is 3.52. The van der Waals surface area contributed by atoms with Gasteiger partial charge in [0.05, 0.1) is 5.02 Å². The Bertz CT molecular complexity index is 600. The molecule has 2 rings (SSSR count). The number of aryl methyl sites for hydroxylation is 1. The van der Waals surface area contributed by atoms with Gasteiger partial charge in [0.25, 0.3) is 0 Å². The molecule has 0 aliphatic rings. The third-order valence-electron chi connectivity index (χ3n) is 2.17. The van der Waals surface area contributed by atoms with Crippen LogP contribution < -0.4 is 5.73 Å². The molecule has 0 bridgehead atoms. The molecule has 3 N–H and O–H groups in total. The van der Waals surface area contributed by atoms with E-state index in [9.17, 15) is 0 Å². The third kappa shape index (κ3) is 3.00. The molecule has 0 saturated heterocycles. The maximum atomic E-state index is 7.45. The molecule has 0 saturated carbocycles. The van der Waals surface area contributed by atoms with Crippen LogP contribution in [0.2, 0.25) is 5.02 Å². The Kier molecular flexibility index (Phi) is 3.84. The number of nitrogens with one attached hydrogen (secondary N) is 1. The Balaban J connectivity index is 2.35. The fourth-order valence-corrected chi connectivity index (χ4v) is 2.48. The summed E-state index contributed by atoms with van der Waals surface area (Å²) < 4.78 is 0. The molecule has 0 unspecified atom stereocenters. The van der Waals surface area contributed by atoms with Gasteiger partial charge in [0.1, 0.15) is 15.9 Å². The van der Waals surface area contributed by atoms with Gasteiger partial charge in [-0.3, -0.25) is 5.41 Å². The SMILES string of the molecule is Cc1cc(C(=N)N)cc(Sc2ncccc2Cl)n1. The molecule has 0 amide bonds. The van der Waals surface area contributed by atoms with Gasteiger partial charge < -0.3 is 5.73 Å². The van der Waals surface area contributed by atoms with Crippen molar-refractivity contribution in [1.29, 1.82) is 5.41 Å². The zero-order valence-corrected chi connectivity index (χ0v) is 11.2. The van der Waals surface area contributed by atoms with Crippen molar-refractivity contribution in [2.45, 2.75) is 17.0 Å². The van der Waals surface area contributed by atoms with Crippen molar-refractivity contribution in [3.63, 3.8) is 0 Å². The molecular weight excluding hydrogens is 268 g/mol. The number of rotatable bonds is 3. The highest BCUT2D eigenvalue weighted by molar-refractivity contribution is 7.99. The molecule has 92 valence electrons. The van der Waals surface area contributed by atoms with Crippen molar-refractivity contribution in [2.75, 3.05) is 0 Å². The number of aromatic nitrogens is 2. The minimum absolute atomic E-state index is 0.0227. The first-order valence-electron chi connectivity index (χ1n) is 5.17. The van der Waals surface area contributed by atoms with Crippen LogP contribution in [0.3, 0.4) is 0 Å². The van der Waals surface area contributed by atoms with E-state index in [1.54, 1.807) is 30.5 Å². The number of pyridine rings is 2. The van der Waals surface area contributed by atoms with Crippen LogP contribution in [0, 0.1) is 12.3 Å². The number of halogens is 1. The number of hydrogen-bond acceptors (Lipinski definition) is 4. The zero-order chi connectivity index (χ0) is 13.1. The van der Waals surface area contributed by atoms with Gasteiger partial charge in [-0.2, -0.15) is 0 Å². The van der Waals surface area contributed by atoms with Gasteiger partial charge in [-0.1, -0.05) is 11.6 Å². The topological polar surface area (TPSA) is 75.7 Å². The van der Waals surface area contributed by atoms with Crippen LogP contribution in [0.4, 0.5) is 0 Å². The van der Waals surface area contributed by atoms with Gasteiger partial charge in [0.2, 0.25) is 0 Å². The summed E-state index contributed by atoms with van der Waals surface area (Å²) in [4.78, 5) is 8.55. The summed E-state index contributed by atoms with van der Waals surface area (Å²) in [6, 6.07) is 7.08. The highest BCUT2D eigenvalue weighted by atomic mass is 35.5. The van der Waals surface area contributed by atoms with E-state index in [1.807, 2.05) is 6.92 Å². The molecule has 0 fully saturated rings. The summed E-state index contributed by atoms with van der Waals surface area (Å²) in [5.41, 5.74) is 6.93. The van der Waals surface area contributed by atoms with Gasteiger partial charge in [0.15, 0.2) is 0 Å². The number of nitrogens with zero attached hydrogens (tertiary/aromatic N) is 2. The van der Waals surface area contributed by atoms with Crippen molar-refractivity contribution in [2.24, 2.45) is 5.73 Å². The highest BCUT2D eigenvalue weighted by Crippen LogP contribution is 2.30. The van der Waals surface area contributed by atoms with Gasteiger partial charge in [0, 0.05) is 17.5 Å². The van der Waals surface area contributed by atoms with Crippen molar-refractivity contribution in [3.05, 3.63) is 46.7 Å². The van der Waals surface area contributed by atoms with E-state index in [2.05, 4.69) is 9.97 Å². The summed E-state index contributed by atoms with van der Waals surface area (Å²) in [5.74, 6) is 0.0227. The van der Waals surface area contributed by atoms with Crippen molar-refractivity contribution in [1.82, 2.24) is 9.97 Å². The molecule has 2 aromatic heterocycles. The molecule has 0 aliphatic heterocycles. The summed E-state index contributed by atoms with van der Waals surface area (Å²) in [6.45, 7) is 1.86. The second-order valence-corrected chi connectivity index (χ2v) is 5.06. The van der Waals surface area contributed by atoms with Crippen LogP contribution in [0.1, 0.15) is 11.3 Å². The molecule has 0 spiro atoms. The minimum atomic E-state index is 0.0227. The molecule has 18 heavy (non-hydrogen) atoms. The predicted molar refractivity (Wildman–Crippen MR) is 73.4 cm³/mol. The quantitative estimate of drug-likeness (QED) is 0.669. The van der Waals surface area contributed by atoms with E-state index in [-0.39, 0.29) is 5.84 Å². The maximum Gasteiger partial charge on any atom is 0.122 e. The second-order valence-electron chi connectivity index (χ2n) is 3.64. The Hall–Kier alpha value is -1.59. The molecule has 0 radical (unpaired) electrons. The van der Waals surface area contributed by atoms with Crippen molar-refractivity contribution < 1.29 is 0 Å². The first-order chi connectivity index (χ1) is 8.56. The average molecular weight is 279 g/mol. The van der Waals surface area contributed by atoms with Crippen LogP contribution >= 0.6 is 23.4 Å². The van der Waals surface area contributed by atoms with Crippen LogP contribution in [0.25, 0.3) is 0 Å². The van der Waals surface area contributed by atoms with E-state index in [1.165, 1.54) is 11.8 Å². The van der Waals surface area contributed by atoms with E-state index < -0.39 is 0 Å². The largest absolute Gasteiger partial charge is 0.384 e. The van der Waals surface area contributed by atoms with E-state index in [0.29, 0.717) is 15.6 Å². The first kappa shape index (κ1) is 12.9. The maximum absolute atomic E-state index is 7.45. The Morgan fingerprint density at radius 1 is 1.44 bits per heavy atom. The van der Waals surface area contributed by atoms with E-state index in [0.717, 1.165) is 10.7 Å². The molecule has 6 heteroatoms. The lowest BCUT2D eigenvalue weighted by Gasteiger charge is -2.06. The number of amidine groups is 1. The van der Waals surface area contributed by atoms with Crippen molar-refractivity contribution in [3.8, 4) is 0 Å². The smallest absolute Gasteiger partial charge is 0.122 e. The monoisotopic (exact) mass is 278 g/mol. The van der Waals surface area contributed by atoms with Crippen LogP contribution in [0.5, 0.6) is 0 Å². The lowest BCUT2D eigenvalue weighted by molar-refractivity contribution is 1.04. The van der Waals surface area contributed by atoms with Crippen LogP contribution in [-0.2, 0) is 0 Å². The van der Waals surface area contributed by atoms with Gasteiger partial charge in [-0.25, -0.2) is 9.97 Å². The predicted octanol–water partition coefficient (Wildman–Crippen LogP) is 2.87. The molecule has 0 aromatic carbocycles. The standard InChI is InChI=1S/C12H11ClN4S/c1-7-5-8(11(14)15)6-10(17-7)18-12-9(13)3-2-4-16-12/h2-6H,1H3,(H3,14,15). The fourth-order valence-electron chi connectivity index (χ4n) is 1.39. The number of nitrogens with two attached hydrogens (primary N) is 1. The molecule has 2 heterocycles. The van der Waals surface area contributed by atoms with Gasteiger partial charge >= 0.3 is 0 Å². The summed E-state index contributed by atoms with van der Waals surface area (Å²) in [7, 11) is 0. The Labute approximate surface area is 114 Å². The molecule has 0 aliphatic carbocycles. The first-order valence-corrected chi connectivity index (χ1v) is 6.37. The summed E-state index contributed by atoms with van der Waals surface area (Å²) in [6.07, 6.45) is 1.68. The van der Waals surface area contributed by atoms with Gasteiger partial charge in [-0.15, -0.1) is 0 Å². The highest BCUT2D eigenvalue weighted by Gasteiger charge is 2.07. The zero-order valence-electron chi connectivity index (χ0n) is 9.64. The lowest BCUT2D eigenvalue weighted by atomic mass is 10.2. The number of hydrogen-bond donors (Lipinski definition) is 2. The minimum Gasteiger partial charge on any atom is -0.384 e. The molecule has 2 aromatic rings. The van der Waals surface area contributed by atoms with Crippen molar-refractivity contribution >= 4 is 29.2 Å². The van der Waals surface area contributed by atoms with E-state index in [4.69, 9.17) is 22.7 Å². The Morgan fingerprint density at radius 3 is 2.89 bits per heavy atom. The average Bonchev–Trinajstić information content (AvgIpc) is 2.31. The molecule has 0 atom stereocenters. The summed E-state index contributed by atoms with van der Waals surface area (Å²) >= 11 is 7.39. The van der Waals surface area contributed by atoms with Crippen LogP contribution in [0.15, 0.2) is 40.5 Å². The van der Waals surface area contributed by atoms with E-state index >= 15 is 0 Å². The second kappa shape index (κ2) is 5.37. The molecular formula is C12H11ClN4S. The number of nitrogen functional groups attached to an aromatic ring is 1. The Morgan fingerprint density at radius 2 is 2.22 bits per heavy atom. The lowest BCUT2D eigenvalue weighted by Crippen LogP contribution is -2.11. The molecule has 4 nitrogen and oxygen atoms in total. The summed E-state index contributed by atoms with van der Waals surface area (Å²) in [5, 5.41) is 9.44.